The Balaban J connectivity index is 2.67. The van der Waals surface area contributed by atoms with Crippen molar-refractivity contribution in [1.82, 2.24) is 15.5 Å². The third-order valence-electron chi connectivity index (χ3n) is 1.26. The van der Waals surface area contributed by atoms with E-state index in [1.807, 2.05) is 0 Å². The Morgan fingerprint density at radius 3 is 3.17 bits per heavy atom. The molecule has 0 aliphatic carbocycles. The summed E-state index contributed by atoms with van der Waals surface area (Å²) in [6.07, 6.45) is 6.30. The number of anilines is 1. The van der Waals surface area contributed by atoms with Crippen LogP contribution in [0, 0.1) is 12.3 Å². The number of hydrogen-bond donors (Lipinski definition) is 3. The van der Waals surface area contributed by atoms with Crippen molar-refractivity contribution < 1.29 is 4.79 Å². The number of nitrogens with one attached hydrogen (secondary N) is 2. The van der Waals surface area contributed by atoms with Crippen LogP contribution in [-0.4, -0.2) is 22.6 Å². The number of nitrogens with zero attached hydrogens (tertiary/aromatic N) is 1. The van der Waals surface area contributed by atoms with Gasteiger partial charge in [-0.15, -0.1) is 6.42 Å². The van der Waals surface area contributed by atoms with Crippen LogP contribution in [0.3, 0.4) is 0 Å². The number of H-pyrrole nitrogens is 1. The first-order chi connectivity index (χ1) is 5.75. The first-order valence-electron chi connectivity index (χ1n) is 3.26. The maximum atomic E-state index is 11.1. The summed E-state index contributed by atoms with van der Waals surface area (Å²) in [5.41, 5.74) is 5.69. The molecule has 1 rings (SSSR count). The monoisotopic (exact) mass is 164 g/mol. The molecule has 0 fully saturated rings. The number of carbonyl (C=O) groups excluding carboxylic acids is 1. The normalized spacial score (nSPS) is 8.92. The fourth-order valence-electron chi connectivity index (χ4n) is 0.704. The molecule has 0 radical (unpaired) electrons. The molecule has 1 aromatic rings. The standard InChI is InChI=1S/C7H8N4O/c1-2-3-9-7(12)5-4-10-11-6(5)8/h1,4H,3H2,(H,9,12)(H3,8,10,11). The highest BCUT2D eigenvalue weighted by Crippen LogP contribution is 2.04. The van der Waals surface area contributed by atoms with Gasteiger partial charge < -0.3 is 11.1 Å². The number of aromatic amines is 1. The van der Waals surface area contributed by atoms with Crippen molar-refractivity contribution in [2.45, 2.75) is 0 Å². The molecule has 0 saturated carbocycles. The highest BCUT2D eigenvalue weighted by molar-refractivity contribution is 5.98. The number of nitrogens with two attached hydrogens (primary N) is 1. The summed E-state index contributed by atoms with van der Waals surface area (Å²) in [5.74, 6) is 2.20. The number of rotatable bonds is 2. The minimum Gasteiger partial charge on any atom is -0.383 e. The number of terminal acetylenes is 1. The van der Waals surface area contributed by atoms with Gasteiger partial charge in [-0.25, -0.2) is 0 Å². The van der Waals surface area contributed by atoms with Crippen molar-refractivity contribution in [1.29, 1.82) is 0 Å². The maximum absolute atomic E-state index is 11.1. The SMILES string of the molecule is C#CCNC(=O)c1cn[nH]c1N. The van der Waals surface area contributed by atoms with Gasteiger partial charge in [-0.1, -0.05) is 5.92 Å². The fraction of sp³-hybridized carbons (Fsp3) is 0.143. The van der Waals surface area contributed by atoms with Crippen LogP contribution < -0.4 is 11.1 Å². The van der Waals surface area contributed by atoms with Gasteiger partial charge in [0.05, 0.1) is 12.7 Å². The van der Waals surface area contributed by atoms with Crippen molar-refractivity contribution in [2.75, 3.05) is 12.3 Å². The van der Waals surface area contributed by atoms with Gasteiger partial charge in [-0.3, -0.25) is 9.89 Å². The zero-order valence-corrected chi connectivity index (χ0v) is 6.29. The predicted molar refractivity (Wildman–Crippen MR) is 44.2 cm³/mol. The molecule has 62 valence electrons. The molecule has 0 spiro atoms. The lowest BCUT2D eigenvalue weighted by molar-refractivity contribution is 0.0959. The summed E-state index contributed by atoms with van der Waals surface area (Å²) in [6.45, 7) is 0.184. The Labute approximate surface area is 69.3 Å². The fourth-order valence-corrected chi connectivity index (χ4v) is 0.704. The Bertz CT molecular complexity index is 322. The van der Waals surface area contributed by atoms with Crippen molar-refractivity contribution >= 4 is 11.7 Å². The van der Waals surface area contributed by atoms with Gasteiger partial charge in [-0.05, 0) is 0 Å². The Morgan fingerprint density at radius 2 is 2.67 bits per heavy atom. The van der Waals surface area contributed by atoms with E-state index in [1.165, 1.54) is 6.20 Å². The Kier molecular flexibility index (Phi) is 2.33. The lowest BCUT2D eigenvalue weighted by atomic mass is 10.3. The molecule has 0 saturated heterocycles. The average Bonchev–Trinajstić information content (AvgIpc) is 2.47. The first-order valence-corrected chi connectivity index (χ1v) is 3.26. The van der Waals surface area contributed by atoms with Gasteiger partial charge in [0.25, 0.3) is 5.91 Å². The molecular formula is C7H8N4O. The van der Waals surface area contributed by atoms with E-state index in [1.54, 1.807) is 0 Å². The number of carbonyl (C=O) groups is 1. The van der Waals surface area contributed by atoms with Gasteiger partial charge in [0.2, 0.25) is 0 Å². The third kappa shape index (κ3) is 1.55. The van der Waals surface area contributed by atoms with Gasteiger partial charge >= 0.3 is 0 Å². The summed E-state index contributed by atoms with van der Waals surface area (Å²) in [7, 11) is 0. The highest BCUT2D eigenvalue weighted by Gasteiger charge is 2.09. The quantitative estimate of drug-likeness (QED) is 0.508. The minimum absolute atomic E-state index is 0.184. The van der Waals surface area contributed by atoms with E-state index in [-0.39, 0.29) is 18.3 Å². The van der Waals surface area contributed by atoms with Crippen LogP contribution >= 0.6 is 0 Å². The zero-order valence-electron chi connectivity index (χ0n) is 6.29. The number of hydrogen-bond acceptors (Lipinski definition) is 3. The van der Waals surface area contributed by atoms with Crippen LogP contribution in [0.1, 0.15) is 10.4 Å². The summed E-state index contributed by atoms with van der Waals surface area (Å²) < 4.78 is 0. The average molecular weight is 164 g/mol. The topological polar surface area (TPSA) is 83.8 Å². The molecule has 0 aliphatic heterocycles. The van der Waals surface area contributed by atoms with Gasteiger partial charge in [0, 0.05) is 0 Å². The van der Waals surface area contributed by atoms with E-state index in [2.05, 4.69) is 21.4 Å². The number of aromatic nitrogens is 2. The van der Waals surface area contributed by atoms with Crippen LogP contribution in [0.15, 0.2) is 6.20 Å². The maximum Gasteiger partial charge on any atom is 0.257 e. The zero-order chi connectivity index (χ0) is 8.97. The van der Waals surface area contributed by atoms with E-state index < -0.39 is 0 Å². The van der Waals surface area contributed by atoms with Crippen LogP contribution in [-0.2, 0) is 0 Å². The second-order valence-corrected chi connectivity index (χ2v) is 2.08. The van der Waals surface area contributed by atoms with Crippen LogP contribution in [0.4, 0.5) is 5.82 Å². The van der Waals surface area contributed by atoms with Gasteiger partial charge in [0.1, 0.15) is 11.4 Å². The molecule has 1 amide bonds. The molecule has 1 heterocycles. The second-order valence-electron chi connectivity index (χ2n) is 2.08. The lowest BCUT2D eigenvalue weighted by Crippen LogP contribution is -2.23. The van der Waals surface area contributed by atoms with E-state index in [0.717, 1.165) is 0 Å². The van der Waals surface area contributed by atoms with Gasteiger partial charge in [-0.2, -0.15) is 5.10 Å². The first kappa shape index (κ1) is 8.14. The molecule has 0 bridgehead atoms. The second kappa shape index (κ2) is 3.44. The van der Waals surface area contributed by atoms with Crippen molar-refractivity contribution in [3.05, 3.63) is 11.8 Å². The lowest BCUT2D eigenvalue weighted by Gasteiger charge is -1.97. The number of nitrogen functional groups attached to an aromatic ring is 1. The molecule has 5 nitrogen and oxygen atoms in total. The summed E-state index contributed by atoms with van der Waals surface area (Å²) in [6, 6.07) is 0. The van der Waals surface area contributed by atoms with E-state index >= 15 is 0 Å². The largest absolute Gasteiger partial charge is 0.383 e. The number of amides is 1. The summed E-state index contributed by atoms with van der Waals surface area (Å²) >= 11 is 0. The highest BCUT2D eigenvalue weighted by atomic mass is 16.1. The van der Waals surface area contributed by atoms with Crippen LogP contribution in [0.5, 0.6) is 0 Å². The molecule has 0 aromatic carbocycles. The molecule has 5 heteroatoms. The Hall–Kier alpha value is -1.96. The third-order valence-corrected chi connectivity index (χ3v) is 1.26. The molecule has 12 heavy (non-hydrogen) atoms. The van der Waals surface area contributed by atoms with Crippen LogP contribution in [0.25, 0.3) is 0 Å². The molecule has 1 aromatic heterocycles. The smallest absolute Gasteiger partial charge is 0.257 e. The summed E-state index contributed by atoms with van der Waals surface area (Å²) in [4.78, 5) is 11.1. The molecule has 4 N–H and O–H groups in total. The molecule has 0 unspecified atom stereocenters. The van der Waals surface area contributed by atoms with Crippen molar-refractivity contribution in [3.8, 4) is 12.3 Å². The van der Waals surface area contributed by atoms with Crippen LogP contribution in [0.2, 0.25) is 0 Å². The molecular weight excluding hydrogens is 156 g/mol. The molecule has 0 aliphatic rings. The Morgan fingerprint density at radius 1 is 1.92 bits per heavy atom. The van der Waals surface area contributed by atoms with E-state index in [4.69, 9.17) is 12.2 Å². The summed E-state index contributed by atoms with van der Waals surface area (Å²) in [5, 5.41) is 8.49. The predicted octanol–water partition coefficient (Wildman–Crippen LogP) is -0.645. The van der Waals surface area contributed by atoms with Gasteiger partial charge in [0.15, 0.2) is 0 Å². The molecule has 0 atom stereocenters. The van der Waals surface area contributed by atoms with Crippen molar-refractivity contribution in [2.24, 2.45) is 0 Å². The van der Waals surface area contributed by atoms with Crippen molar-refractivity contribution in [3.63, 3.8) is 0 Å². The van der Waals surface area contributed by atoms with E-state index in [9.17, 15) is 4.79 Å². The minimum atomic E-state index is -0.320. The van der Waals surface area contributed by atoms with E-state index in [0.29, 0.717) is 5.56 Å².